The molecule has 0 aromatic heterocycles. The minimum atomic E-state index is -1.01. The number of ketones is 2. The number of carbonyl (C=O) groups excluding carboxylic acids is 3. The highest BCUT2D eigenvalue weighted by atomic mass is 16.5. The van der Waals surface area contributed by atoms with Gasteiger partial charge in [-0.15, -0.1) is 0 Å². The van der Waals surface area contributed by atoms with E-state index in [1.54, 1.807) is 12.1 Å². The Morgan fingerprint density at radius 1 is 1.17 bits per heavy atom. The number of carbonyl (C=O) groups is 3. The predicted molar refractivity (Wildman–Crippen MR) is 61.0 cm³/mol. The first-order valence-electron chi connectivity index (χ1n) is 5.29. The first kappa shape index (κ1) is 13.7. The largest absolute Gasteiger partial charge is 0.460 e. The van der Waals surface area contributed by atoms with Gasteiger partial charge in [-0.3, -0.25) is 9.59 Å². The molecule has 0 aliphatic heterocycles. The van der Waals surface area contributed by atoms with E-state index < -0.39 is 24.0 Å². The van der Waals surface area contributed by atoms with Crippen LogP contribution in [0.5, 0.6) is 0 Å². The second-order valence-corrected chi connectivity index (χ2v) is 3.42. The Morgan fingerprint density at radius 2 is 1.78 bits per heavy atom. The van der Waals surface area contributed by atoms with Crippen molar-refractivity contribution in [3.8, 4) is 0 Å². The third-order valence-electron chi connectivity index (χ3n) is 2.15. The molecule has 0 amide bonds. The van der Waals surface area contributed by atoms with Crippen LogP contribution in [0, 0.1) is 4.91 Å². The number of Topliss-reactive ketones (excluding diaryl/α,β-unsaturated/α-hetero) is 2. The van der Waals surface area contributed by atoms with Gasteiger partial charge in [0.2, 0.25) is 5.78 Å². The van der Waals surface area contributed by atoms with E-state index in [-0.39, 0.29) is 12.2 Å². The Morgan fingerprint density at radius 3 is 2.28 bits per heavy atom. The monoisotopic (exact) mass is 250 g/mol. The highest BCUT2D eigenvalue weighted by molar-refractivity contribution is 6.38. The summed E-state index contributed by atoms with van der Waals surface area (Å²) in [6.07, 6.45) is -0.539. The molecule has 0 radical (unpaired) electrons. The van der Waals surface area contributed by atoms with Crippen LogP contribution in [-0.4, -0.2) is 24.1 Å². The van der Waals surface area contributed by atoms with Gasteiger partial charge in [-0.05, 0) is 19.1 Å². The molecule has 0 aliphatic carbocycles. The molecule has 0 bridgehead atoms. The summed E-state index contributed by atoms with van der Waals surface area (Å²) in [6, 6.07) is 5.63. The van der Waals surface area contributed by atoms with Crippen LogP contribution in [0.3, 0.4) is 0 Å². The average Bonchev–Trinajstić information content (AvgIpc) is 2.39. The Balaban J connectivity index is 2.67. The zero-order valence-electron chi connectivity index (χ0n) is 9.76. The summed E-state index contributed by atoms with van der Waals surface area (Å²) >= 11 is 0. The highest BCUT2D eigenvalue weighted by Crippen LogP contribution is 2.07. The van der Waals surface area contributed by atoms with Gasteiger partial charge in [0.25, 0.3) is 5.69 Å². The molecule has 0 fully saturated rings. The molecule has 6 heteroatoms. The summed E-state index contributed by atoms with van der Waals surface area (Å²) in [4.78, 5) is 44.3. The molecular formula is C12H12NO5+. The van der Waals surface area contributed by atoms with Crippen molar-refractivity contribution >= 4 is 23.2 Å². The number of nitroso groups, excluding NO2 is 1. The second kappa shape index (κ2) is 6.39. The molecule has 6 nitrogen and oxygen atoms in total. The zero-order chi connectivity index (χ0) is 13.5. The van der Waals surface area contributed by atoms with Gasteiger partial charge in [-0.1, -0.05) is 0 Å². The van der Waals surface area contributed by atoms with E-state index in [0.717, 1.165) is 0 Å². The quantitative estimate of drug-likeness (QED) is 0.328. The summed E-state index contributed by atoms with van der Waals surface area (Å²) in [7, 11) is 0. The molecule has 94 valence electrons. The maximum atomic E-state index is 11.6. The first-order valence-corrected chi connectivity index (χ1v) is 5.29. The molecule has 0 saturated heterocycles. The van der Waals surface area contributed by atoms with Gasteiger partial charge >= 0.3 is 5.97 Å². The van der Waals surface area contributed by atoms with Crippen LogP contribution in [0.4, 0.5) is 5.69 Å². The molecule has 0 spiro atoms. The predicted octanol–water partition coefficient (Wildman–Crippen LogP) is -0.130. The molecule has 0 atom stereocenters. The normalized spacial score (nSPS) is 9.61. The second-order valence-electron chi connectivity index (χ2n) is 3.42. The standard InChI is InChI=1S/C12H11NO5/c1-2-18-12(16)11(15)7-10(14)8-3-5-9(13-17)6-4-8/h3-6H,2,7H2,1H3/p+1. The highest BCUT2D eigenvalue weighted by Gasteiger charge is 2.20. The first-order chi connectivity index (χ1) is 8.58. The average molecular weight is 250 g/mol. The fourth-order valence-electron chi connectivity index (χ4n) is 1.26. The summed E-state index contributed by atoms with van der Waals surface area (Å²) in [5.74, 6) is -2.39. The Hall–Kier alpha value is -2.37. The maximum absolute atomic E-state index is 11.6. The Kier molecular flexibility index (Phi) is 4.86. The van der Waals surface area contributed by atoms with Crippen LogP contribution in [-0.2, 0) is 14.3 Å². The van der Waals surface area contributed by atoms with Crippen LogP contribution < -0.4 is 5.18 Å². The number of hydrogen-bond acceptors (Lipinski definition) is 5. The number of hydrogen-bond donors (Lipinski definition) is 1. The summed E-state index contributed by atoms with van der Waals surface area (Å²) < 4.78 is 4.48. The fraction of sp³-hybridized carbons (Fsp3) is 0.250. The van der Waals surface area contributed by atoms with E-state index in [0.29, 0.717) is 5.69 Å². The van der Waals surface area contributed by atoms with Crippen molar-refractivity contribution in [2.24, 2.45) is 0 Å². The minimum absolute atomic E-state index is 0.0859. The van der Waals surface area contributed by atoms with Crippen LogP contribution in [0.25, 0.3) is 0 Å². The van der Waals surface area contributed by atoms with Crippen molar-refractivity contribution in [1.82, 2.24) is 0 Å². The Labute approximate surface area is 103 Å². The van der Waals surface area contributed by atoms with Crippen LogP contribution >= 0.6 is 0 Å². The smallest absolute Gasteiger partial charge is 0.375 e. The lowest BCUT2D eigenvalue weighted by molar-refractivity contribution is -0.379. The SMILES string of the molecule is CCOC(=O)C(=O)CC(=O)c1ccc([NH+]=O)cc1. The number of esters is 1. The number of benzene rings is 1. The summed E-state index contributed by atoms with van der Waals surface area (Å²) in [5, 5.41) is 1.67. The molecule has 18 heavy (non-hydrogen) atoms. The van der Waals surface area contributed by atoms with Gasteiger partial charge in [0.05, 0.1) is 13.0 Å². The minimum Gasteiger partial charge on any atom is -0.460 e. The summed E-state index contributed by atoms with van der Waals surface area (Å²) in [5.41, 5.74) is 0.565. The lowest BCUT2D eigenvalue weighted by atomic mass is 10.1. The number of nitrogens with one attached hydrogen (secondary N) is 1. The van der Waals surface area contributed by atoms with Crippen molar-refractivity contribution in [3.63, 3.8) is 0 Å². The van der Waals surface area contributed by atoms with Crippen molar-refractivity contribution in [1.29, 1.82) is 0 Å². The van der Waals surface area contributed by atoms with Gasteiger partial charge in [0, 0.05) is 27.8 Å². The summed E-state index contributed by atoms with van der Waals surface area (Å²) in [6.45, 7) is 1.66. The van der Waals surface area contributed by atoms with E-state index in [1.165, 1.54) is 24.3 Å². The molecule has 1 aromatic carbocycles. The van der Waals surface area contributed by atoms with Crippen molar-refractivity contribution < 1.29 is 24.3 Å². The van der Waals surface area contributed by atoms with Gasteiger partial charge in [-0.2, -0.15) is 0 Å². The Bertz CT molecular complexity index is 478. The maximum Gasteiger partial charge on any atom is 0.375 e. The topological polar surface area (TPSA) is 91.5 Å². The molecule has 0 unspecified atom stereocenters. The molecule has 0 aliphatic rings. The van der Waals surface area contributed by atoms with E-state index in [2.05, 4.69) is 4.74 Å². The molecule has 1 aromatic rings. The van der Waals surface area contributed by atoms with Crippen molar-refractivity contribution in [2.45, 2.75) is 13.3 Å². The third kappa shape index (κ3) is 3.58. The molecule has 0 heterocycles. The van der Waals surface area contributed by atoms with E-state index in [1.807, 2.05) is 0 Å². The van der Waals surface area contributed by atoms with Gasteiger partial charge in [0.15, 0.2) is 5.78 Å². The van der Waals surface area contributed by atoms with E-state index in [4.69, 9.17) is 0 Å². The lowest BCUT2D eigenvalue weighted by Crippen LogP contribution is -2.55. The molecule has 0 saturated carbocycles. The number of rotatable bonds is 6. The van der Waals surface area contributed by atoms with Crippen LogP contribution in [0.15, 0.2) is 24.3 Å². The van der Waals surface area contributed by atoms with Crippen LogP contribution in [0.2, 0.25) is 0 Å². The van der Waals surface area contributed by atoms with E-state index in [9.17, 15) is 19.3 Å². The molecular weight excluding hydrogens is 238 g/mol. The zero-order valence-corrected chi connectivity index (χ0v) is 9.76. The van der Waals surface area contributed by atoms with Gasteiger partial charge in [-0.25, -0.2) is 4.79 Å². The van der Waals surface area contributed by atoms with Crippen molar-refractivity contribution in [2.75, 3.05) is 6.61 Å². The van der Waals surface area contributed by atoms with E-state index >= 15 is 0 Å². The molecule has 1 N–H and O–H groups in total. The van der Waals surface area contributed by atoms with Crippen molar-refractivity contribution in [3.05, 3.63) is 34.7 Å². The molecule has 1 rings (SSSR count). The third-order valence-corrected chi connectivity index (χ3v) is 2.15. The number of ether oxygens (including phenoxy) is 1. The lowest BCUT2D eigenvalue weighted by Gasteiger charge is -2.00. The fourth-order valence-corrected chi connectivity index (χ4v) is 1.26. The van der Waals surface area contributed by atoms with Gasteiger partial charge < -0.3 is 4.74 Å². The van der Waals surface area contributed by atoms with Gasteiger partial charge in [0.1, 0.15) is 0 Å². The van der Waals surface area contributed by atoms with Crippen LogP contribution in [0.1, 0.15) is 23.7 Å².